The average Bonchev–Trinajstić information content (AvgIpc) is 2.85. The van der Waals surface area contributed by atoms with Crippen LogP contribution in [0, 0.1) is 13.8 Å². The van der Waals surface area contributed by atoms with Gasteiger partial charge in [0.15, 0.2) is 5.75 Å². The molecule has 0 bridgehead atoms. The number of halogens is 1. The van der Waals surface area contributed by atoms with Gasteiger partial charge in [-0.15, -0.1) is 0 Å². The standard InChI is InChI=1S/C27H22ClNO6S2/c1-19-3-13-25(14-4-19)36(30,31)34-24-12-7-21(18-29-23-10-8-22(28)9-11-23)27(17-24)35-37(32,33)26-15-5-20(2)6-16-26/h3-18H,1-2H3. The number of hydrogen-bond donors (Lipinski definition) is 0. The van der Waals surface area contributed by atoms with Crippen LogP contribution in [0.4, 0.5) is 5.69 Å². The highest BCUT2D eigenvalue weighted by atomic mass is 35.5. The van der Waals surface area contributed by atoms with Crippen LogP contribution in [0.2, 0.25) is 5.02 Å². The van der Waals surface area contributed by atoms with Gasteiger partial charge in [-0.25, -0.2) is 0 Å². The zero-order chi connectivity index (χ0) is 26.6. The van der Waals surface area contributed by atoms with Crippen molar-refractivity contribution < 1.29 is 25.2 Å². The lowest BCUT2D eigenvalue weighted by atomic mass is 10.2. The summed E-state index contributed by atoms with van der Waals surface area (Å²) in [4.78, 5) is 4.24. The predicted octanol–water partition coefficient (Wildman–Crippen LogP) is 6.24. The van der Waals surface area contributed by atoms with E-state index in [2.05, 4.69) is 4.99 Å². The fourth-order valence-electron chi connectivity index (χ4n) is 3.17. The second-order valence-corrected chi connectivity index (χ2v) is 11.7. The Balaban J connectivity index is 1.71. The molecule has 0 radical (unpaired) electrons. The van der Waals surface area contributed by atoms with Crippen LogP contribution in [-0.4, -0.2) is 23.1 Å². The van der Waals surface area contributed by atoms with Gasteiger partial charge < -0.3 is 8.37 Å². The summed E-state index contributed by atoms with van der Waals surface area (Å²) in [5.41, 5.74) is 2.62. The second kappa shape index (κ2) is 10.8. The molecule has 37 heavy (non-hydrogen) atoms. The summed E-state index contributed by atoms with van der Waals surface area (Å²) in [6.07, 6.45) is 1.40. The highest BCUT2D eigenvalue weighted by Crippen LogP contribution is 2.30. The van der Waals surface area contributed by atoms with Gasteiger partial charge in [-0.3, -0.25) is 4.99 Å². The minimum atomic E-state index is -4.24. The van der Waals surface area contributed by atoms with E-state index in [0.717, 1.165) is 11.1 Å². The van der Waals surface area contributed by atoms with Gasteiger partial charge >= 0.3 is 20.2 Å². The number of rotatable bonds is 8. The van der Waals surface area contributed by atoms with Crippen molar-refractivity contribution in [3.8, 4) is 11.5 Å². The van der Waals surface area contributed by atoms with Gasteiger partial charge in [0.05, 0.1) is 5.69 Å². The predicted molar refractivity (Wildman–Crippen MR) is 143 cm³/mol. The van der Waals surface area contributed by atoms with Crippen molar-refractivity contribution in [1.82, 2.24) is 0 Å². The van der Waals surface area contributed by atoms with E-state index in [0.29, 0.717) is 10.7 Å². The van der Waals surface area contributed by atoms with Gasteiger partial charge in [-0.2, -0.15) is 16.8 Å². The van der Waals surface area contributed by atoms with Crippen molar-refractivity contribution in [3.05, 3.63) is 113 Å². The molecule has 10 heteroatoms. The summed E-state index contributed by atoms with van der Waals surface area (Å²) < 4.78 is 62.2. The lowest BCUT2D eigenvalue weighted by molar-refractivity contribution is 0.476. The fraction of sp³-hybridized carbons (Fsp3) is 0.0741. The molecule has 0 atom stereocenters. The Bertz CT molecular complexity index is 1650. The largest absolute Gasteiger partial charge is 0.379 e. The van der Waals surface area contributed by atoms with Crippen molar-refractivity contribution in [2.75, 3.05) is 0 Å². The zero-order valence-electron chi connectivity index (χ0n) is 19.8. The number of benzene rings is 4. The van der Waals surface area contributed by atoms with Crippen LogP contribution in [0.15, 0.2) is 106 Å². The Labute approximate surface area is 221 Å². The Hall–Kier alpha value is -3.66. The molecule has 0 amide bonds. The first-order valence-electron chi connectivity index (χ1n) is 11.0. The first kappa shape index (κ1) is 26.4. The van der Waals surface area contributed by atoms with E-state index in [1.807, 2.05) is 13.8 Å². The molecule has 0 N–H and O–H groups in total. The Kier molecular flexibility index (Phi) is 7.68. The molecule has 0 aliphatic rings. The minimum Gasteiger partial charge on any atom is -0.379 e. The minimum absolute atomic E-state index is 0.0405. The SMILES string of the molecule is Cc1ccc(S(=O)(=O)Oc2ccc(C=Nc3ccc(Cl)cc3)c(OS(=O)(=O)c3ccc(C)cc3)c2)cc1. The molecule has 7 nitrogen and oxygen atoms in total. The Morgan fingerprint density at radius 1 is 0.676 bits per heavy atom. The van der Waals surface area contributed by atoms with Crippen LogP contribution in [0.1, 0.15) is 16.7 Å². The molecule has 4 rings (SSSR count). The van der Waals surface area contributed by atoms with Crippen LogP contribution in [0.5, 0.6) is 11.5 Å². The summed E-state index contributed by atoms with van der Waals surface area (Å²) >= 11 is 5.92. The van der Waals surface area contributed by atoms with Gasteiger partial charge in [0.2, 0.25) is 0 Å². The van der Waals surface area contributed by atoms with Crippen molar-refractivity contribution >= 4 is 43.7 Å². The molecule has 0 aliphatic heterocycles. The normalized spacial score (nSPS) is 12.0. The molecular formula is C27H22ClNO6S2. The van der Waals surface area contributed by atoms with Gasteiger partial charge in [-0.05, 0) is 74.5 Å². The van der Waals surface area contributed by atoms with Crippen molar-refractivity contribution in [1.29, 1.82) is 0 Å². The lowest BCUT2D eigenvalue weighted by Crippen LogP contribution is -2.12. The van der Waals surface area contributed by atoms with Crippen LogP contribution in [0.25, 0.3) is 0 Å². The van der Waals surface area contributed by atoms with E-state index in [9.17, 15) is 16.8 Å². The maximum Gasteiger partial charge on any atom is 0.339 e. The van der Waals surface area contributed by atoms with Gasteiger partial charge in [-0.1, -0.05) is 47.0 Å². The summed E-state index contributed by atoms with van der Waals surface area (Å²) in [7, 11) is -8.41. The first-order valence-corrected chi connectivity index (χ1v) is 14.2. The molecule has 0 unspecified atom stereocenters. The number of aryl methyl sites for hydroxylation is 2. The first-order chi connectivity index (χ1) is 17.5. The maximum absolute atomic E-state index is 13.0. The van der Waals surface area contributed by atoms with Crippen molar-refractivity contribution in [3.63, 3.8) is 0 Å². The summed E-state index contributed by atoms with van der Waals surface area (Å²) in [6.45, 7) is 3.66. The quantitative estimate of drug-likeness (QED) is 0.188. The average molecular weight is 556 g/mol. The lowest BCUT2D eigenvalue weighted by Gasteiger charge is -2.12. The smallest absolute Gasteiger partial charge is 0.339 e. The molecule has 0 saturated carbocycles. The molecule has 0 fully saturated rings. The molecule has 0 heterocycles. The molecule has 0 spiro atoms. The number of hydrogen-bond acceptors (Lipinski definition) is 7. The molecule has 0 aromatic heterocycles. The molecular weight excluding hydrogens is 534 g/mol. The van der Waals surface area contributed by atoms with Gasteiger partial charge in [0, 0.05) is 22.9 Å². The van der Waals surface area contributed by atoms with E-state index in [-0.39, 0.29) is 26.9 Å². The molecule has 4 aromatic rings. The summed E-state index contributed by atoms with van der Waals surface area (Å²) in [5.74, 6) is -0.284. The van der Waals surface area contributed by atoms with Crippen LogP contribution < -0.4 is 8.37 Å². The second-order valence-electron chi connectivity index (χ2n) is 8.14. The molecule has 190 valence electrons. The fourth-order valence-corrected chi connectivity index (χ4v) is 5.16. The van der Waals surface area contributed by atoms with E-state index in [4.69, 9.17) is 20.0 Å². The monoisotopic (exact) mass is 555 g/mol. The van der Waals surface area contributed by atoms with Crippen LogP contribution in [0.3, 0.4) is 0 Å². The van der Waals surface area contributed by atoms with E-state index in [1.54, 1.807) is 48.5 Å². The highest BCUT2D eigenvalue weighted by Gasteiger charge is 2.21. The van der Waals surface area contributed by atoms with Gasteiger partial charge in [0.1, 0.15) is 15.5 Å². The summed E-state index contributed by atoms with van der Waals surface area (Å²) in [5, 5.41) is 0.545. The van der Waals surface area contributed by atoms with Crippen molar-refractivity contribution in [2.45, 2.75) is 23.6 Å². The van der Waals surface area contributed by atoms with Crippen molar-refractivity contribution in [2.24, 2.45) is 4.99 Å². The van der Waals surface area contributed by atoms with Gasteiger partial charge in [0.25, 0.3) is 0 Å². The third kappa shape index (κ3) is 6.76. The number of nitrogens with zero attached hydrogens (tertiary/aromatic N) is 1. The van der Waals surface area contributed by atoms with E-state index in [1.165, 1.54) is 48.7 Å². The van der Waals surface area contributed by atoms with E-state index >= 15 is 0 Å². The zero-order valence-corrected chi connectivity index (χ0v) is 22.2. The van der Waals surface area contributed by atoms with Crippen LogP contribution in [-0.2, 0) is 20.2 Å². The Morgan fingerprint density at radius 3 is 1.73 bits per heavy atom. The molecule has 0 aliphatic carbocycles. The maximum atomic E-state index is 13.0. The molecule has 4 aromatic carbocycles. The topological polar surface area (TPSA) is 99.1 Å². The molecule has 0 saturated heterocycles. The Morgan fingerprint density at radius 2 is 1.19 bits per heavy atom. The highest BCUT2D eigenvalue weighted by molar-refractivity contribution is 7.87. The van der Waals surface area contributed by atoms with Crippen LogP contribution >= 0.6 is 11.6 Å². The third-order valence-electron chi connectivity index (χ3n) is 5.19. The third-order valence-corrected chi connectivity index (χ3v) is 7.95. The van der Waals surface area contributed by atoms with E-state index < -0.39 is 20.2 Å². The summed E-state index contributed by atoms with van der Waals surface area (Å²) in [6, 6.07) is 23.0. The number of aliphatic imine (C=N–C) groups is 1.